The van der Waals surface area contributed by atoms with E-state index in [1.165, 1.54) is 6.92 Å². The minimum atomic E-state index is -1.24. The van der Waals surface area contributed by atoms with Gasteiger partial charge in [0.1, 0.15) is 12.1 Å². The van der Waals surface area contributed by atoms with E-state index in [1.807, 2.05) is 0 Å². The molecule has 0 radical (unpaired) electrons. The summed E-state index contributed by atoms with van der Waals surface area (Å²) in [4.78, 5) is 62.2. The second-order valence-corrected chi connectivity index (χ2v) is 11.8. The summed E-state index contributed by atoms with van der Waals surface area (Å²) < 4.78 is 0. The molecule has 0 unspecified atom stereocenters. The highest BCUT2D eigenvalue weighted by atomic mass is 35.5. The van der Waals surface area contributed by atoms with E-state index in [9.17, 15) is 29.1 Å². The minimum absolute atomic E-state index is 0.0212. The van der Waals surface area contributed by atoms with Crippen LogP contribution in [0.2, 0.25) is 10.0 Å². The number of anilines is 1. The number of halogens is 2. The average Bonchev–Trinajstić information content (AvgIpc) is 3.13. The Balaban J connectivity index is 1.67. The molecule has 1 fully saturated rings. The van der Waals surface area contributed by atoms with Gasteiger partial charge in [0.2, 0.25) is 11.8 Å². The van der Waals surface area contributed by atoms with Crippen molar-refractivity contribution in [3.05, 3.63) is 63.6 Å². The molecule has 0 spiro atoms. The fraction of sp³-hybridized carbons (Fsp3) is 0.414. The molecule has 0 bridgehead atoms. The van der Waals surface area contributed by atoms with Crippen LogP contribution in [0.15, 0.2) is 42.5 Å². The Kier molecular flexibility index (Phi) is 9.71. The first kappa shape index (κ1) is 31.9. The van der Waals surface area contributed by atoms with Gasteiger partial charge in [0.15, 0.2) is 0 Å². The molecule has 0 aromatic heterocycles. The lowest BCUT2D eigenvalue weighted by Crippen LogP contribution is -2.53. The van der Waals surface area contributed by atoms with Gasteiger partial charge >= 0.3 is 11.9 Å². The van der Waals surface area contributed by atoms with Gasteiger partial charge in [-0.25, -0.2) is 4.79 Å². The first-order chi connectivity index (χ1) is 19.1. The van der Waals surface area contributed by atoms with Crippen LogP contribution < -0.4 is 16.0 Å². The first-order valence-corrected chi connectivity index (χ1v) is 13.8. The zero-order valence-electron chi connectivity index (χ0n) is 23.1. The Morgan fingerprint density at radius 2 is 1.51 bits per heavy atom. The van der Waals surface area contributed by atoms with Gasteiger partial charge < -0.3 is 26.2 Å². The van der Waals surface area contributed by atoms with E-state index >= 15 is 0 Å². The van der Waals surface area contributed by atoms with Crippen molar-refractivity contribution in [2.24, 2.45) is 16.7 Å². The van der Waals surface area contributed by atoms with Crippen molar-refractivity contribution >= 4 is 58.5 Å². The van der Waals surface area contributed by atoms with Crippen molar-refractivity contribution in [2.75, 3.05) is 5.32 Å². The molecule has 3 amide bonds. The normalized spacial score (nSPS) is 20.9. The summed E-state index contributed by atoms with van der Waals surface area (Å²) in [5.41, 5.74) is -0.746. The largest absolute Gasteiger partial charge is 0.480 e. The number of hydrogen-bond acceptors (Lipinski definition) is 5. The Morgan fingerprint density at radius 3 is 2.05 bits per heavy atom. The highest BCUT2D eigenvalue weighted by molar-refractivity contribution is 6.40. The predicted octanol–water partition coefficient (Wildman–Crippen LogP) is 4.39. The fourth-order valence-electron chi connectivity index (χ4n) is 5.12. The van der Waals surface area contributed by atoms with Gasteiger partial charge in [-0.1, -0.05) is 62.2 Å². The third-order valence-electron chi connectivity index (χ3n) is 8.22. The van der Waals surface area contributed by atoms with Crippen LogP contribution in [0.3, 0.4) is 0 Å². The average molecular weight is 607 g/mol. The molecule has 4 atom stereocenters. The number of carboxylic acids is 2. The summed E-state index contributed by atoms with van der Waals surface area (Å²) in [6.45, 7) is 6.57. The quantitative estimate of drug-likeness (QED) is 0.268. The van der Waals surface area contributed by atoms with Gasteiger partial charge in [-0.2, -0.15) is 0 Å². The van der Waals surface area contributed by atoms with Crippen LogP contribution in [-0.2, 0) is 25.6 Å². The maximum absolute atomic E-state index is 13.3. The van der Waals surface area contributed by atoms with Crippen molar-refractivity contribution in [2.45, 2.75) is 59.0 Å². The highest BCUT2D eigenvalue weighted by Crippen LogP contribution is 2.56. The van der Waals surface area contributed by atoms with E-state index < -0.39 is 58.5 Å². The summed E-state index contributed by atoms with van der Waals surface area (Å²) >= 11 is 12.2. The molecule has 12 heteroatoms. The summed E-state index contributed by atoms with van der Waals surface area (Å²) in [5, 5.41) is 27.2. The van der Waals surface area contributed by atoms with Gasteiger partial charge in [-0.15, -0.1) is 0 Å². The summed E-state index contributed by atoms with van der Waals surface area (Å²) in [6, 6.07) is 8.86. The molecule has 3 rings (SSSR count). The number of rotatable bonds is 10. The second-order valence-electron chi connectivity index (χ2n) is 11.0. The summed E-state index contributed by atoms with van der Waals surface area (Å²) in [5.74, 6) is -4.53. The fourth-order valence-corrected chi connectivity index (χ4v) is 5.69. The van der Waals surface area contributed by atoms with Gasteiger partial charge in [0.25, 0.3) is 5.91 Å². The van der Waals surface area contributed by atoms with Gasteiger partial charge in [0.05, 0.1) is 21.0 Å². The number of carbonyl (C=O) groups excluding carboxylic acids is 3. The van der Waals surface area contributed by atoms with Gasteiger partial charge in [-0.05, 0) is 55.0 Å². The molecule has 1 aliphatic carbocycles. The van der Waals surface area contributed by atoms with Crippen LogP contribution in [0.1, 0.15) is 56.5 Å². The molecule has 0 saturated heterocycles. The van der Waals surface area contributed by atoms with Crippen LogP contribution in [0.5, 0.6) is 0 Å². The number of nitrogens with one attached hydrogen (secondary N) is 3. The van der Waals surface area contributed by atoms with Crippen molar-refractivity contribution in [1.29, 1.82) is 0 Å². The zero-order valence-corrected chi connectivity index (χ0v) is 24.6. The maximum atomic E-state index is 13.3. The number of amides is 3. The lowest BCUT2D eigenvalue weighted by molar-refractivity contribution is -0.147. The molecule has 2 aromatic rings. The molecule has 2 aromatic carbocycles. The molecule has 0 aliphatic heterocycles. The van der Waals surface area contributed by atoms with E-state index in [4.69, 9.17) is 28.3 Å². The molecule has 0 heterocycles. The smallest absolute Gasteiger partial charge is 0.326 e. The molecule has 220 valence electrons. The monoisotopic (exact) mass is 605 g/mol. The molecular formula is C29H33Cl2N3O7. The summed E-state index contributed by atoms with van der Waals surface area (Å²) in [6.07, 6.45) is 0.646. The van der Waals surface area contributed by atoms with Crippen LogP contribution in [0, 0.1) is 16.7 Å². The Labute approximate surface area is 247 Å². The van der Waals surface area contributed by atoms with E-state index in [0.717, 1.165) is 0 Å². The standard InChI is InChI=1S/C29H33Cl2N3O7/c1-15(25(37)38)32-27(41)29(4)13-12-18(28(29,2)3)23(35)34-21(26(39)40)14-16-8-10-17(11-9-16)33-24(36)22-19(30)6-5-7-20(22)31/h5-11,15,18,21H,12-14H2,1-4H3,(H,32,41)(H,33,36)(H,34,35)(H,37,38)(H,39,40)/t15-,18-,21+,29-/m1/s1. The number of carbonyl (C=O) groups is 5. The maximum Gasteiger partial charge on any atom is 0.326 e. The third-order valence-corrected chi connectivity index (χ3v) is 8.85. The van der Waals surface area contributed by atoms with Crippen molar-refractivity contribution in [1.82, 2.24) is 10.6 Å². The Hall–Kier alpha value is -3.63. The molecule has 10 nitrogen and oxygen atoms in total. The van der Waals surface area contributed by atoms with E-state index in [2.05, 4.69) is 16.0 Å². The lowest BCUT2D eigenvalue weighted by Gasteiger charge is -2.40. The second kappa shape index (κ2) is 12.5. The highest BCUT2D eigenvalue weighted by Gasteiger charge is 2.58. The van der Waals surface area contributed by atoms with Crippen molar-refractivity contribution in [3.63, 3.8) is 0 Å². The molecule has 1 saturated carbocycles. The molecular weight excluding hydrogens is 573 g/mol. The number of benzene rings is 2. The molecule has 1 aliphatic rings. The lowest BCUT2D eigenvalue weighted by atomic mass is 9.65. The van der Waals surface area contributed by atoms with Gasteiger partial charge in [0, 0.05) is 18.0 Å². The SMILES string of the molecule is C[C@@H](NC(=O)[C@@]1(C)CC[C@H](C(=O)N[C@@H](Cc2ccc(NC(=O)c3c(Cl)cccc3Cl)cc2)C(=O)O)C1(C)C)C(=O)O. The van der Waals surface area contributed by atoms with E-state index in [-0.39, 0.29) is 22.0 Å². The first-order valence-electron chi connectivity index (χ1n) is 13.0. The van der Waals surface area contributed by atoms with E-state index in [1.54, 1.807) is 63.2 Å². The number of aliphatic carboxylic acids is 2. The zero-order chi connectivity index (χ0) is 30.7. The van der Waals surface area contributed by atoms with Crippen LogP contribution in [0.4, 0.5) is 5.69 Å². The van der Waals surface area contributed by atoms with Crippen molar-refractivity contribution in [3.8, 4) is 0 Å². The topological polar surface area (TPSA) is 162 Å². The number of carboxylic acid groups (broad SMARTS) is 2. The number of hydrogen-bond donors (Lipinski definition) is 5. The Bertz CT molecular complexity index is 1340. The van der Waals surface area contributed by atoms with Crippen LogP contribution in [-0.4, -0.2) is 52.0 Å². The van der Waals surface area contributed by atoms with Gasteiger partial charge in [-0.3, -0.25) is 19.2 Å². The Morgan fingerprint density at radius 1 is 0.927 bits per heavy atom. The van der Waals surface area contributed by atoms with Crippen LogP contribution in [0.25, 0.3) is 0 Å². The van der Waals surface area contributed by atoms with Crippen molar-refractivity contribution < 1.29 is 34.2 Å². The minimum Gasteiger partial charge on any atom is -0.480 e. The molecule has 41 heavy (non-hydrogen) atoms. The van der Waals surface area contributed by atoms with Crippen LogP contribution >= 0.6 is 23.2 Å². The van der Waals surface area contributed by atoms with E-state index in [0.29, 0.717) is 24.1 Å². The third kappa shape index (κ3) is 6.82. The summed E-state index contributed by atoms with van der Waals surface area (Å²) in [7, 11) is 0. The predicted molar refractivity (Wildman–Crippen MR) is 154 cm³/mol. The molecule has 5 N–H and O–H groups in total.